The molecular weight excluding hydrogens is 456 g/mol. The van der Waals surface area contributed by atoms with Gasteiger partial charge in [-0.2, -0.15) is 0 Å². The summed E-state index contributed by atoms with van der Waals surface area (Å²) in [6.45, 7) is 13.1. The molecule has 2 heterocycles. The van der Waals surface area contributed by atoms with E-state index in [2.05, 4.69) is 32.3 Å². The summed E-state index contributed by atoms with van der Waals surface area (Å²) in [6.07, 6.45) is 5.50. The monoisotopic (exact) mass is 488 g/mol. The van der Waals surface area contributed by atoms with Crippen molar-refractivity contribution in [3.63, 3.8) is 0 Å². The summed E-state index contributed by atoms with van der Waals surface area (Å²) < 4.78 is 5.28. The minimum atomic E-state index is -0.636. The SMILES string of the molecule is C=C(N)/C(O)=C(\N=CCCCC)C(=O)NC(C)c1ncc(C(=O)Nc2cc(C(C)(C)C)on2)s1. The van der Waals surface area contributed by atoms with Gasteiger partial charge in [-0.25, -0.2) is 4.98 Å². The Bertz CT molecular complexity index is 1090. The van der Waals surface area contributed by atoms with E-state index in [1.807, 2.05) is 27.7 Å². The Balaban J connectivity index is 2.09. The highest BCUT2D eigenvalue weighted by Gasteiger charge is 2.23. The number of aliphatic hydroxyl groups excluding tert-OH is 1. The van der Waals surface area contributed by atoms with Crippen LogP contribution in [0.5, 0.6) is 0 Å². The molecule has 1 atom stereocenters. The van der Waals surface area contributed by atoms with E-state index in [9.17, 15) is 14.7 Å². The first-order valence-electron chi connectivity index (χ1n) is 10.9. The molecule has 2 rings (SSSR count). The Hall–Kier alpha value is -3.47. The number of nitrogens with two attached hydrogens (primary N) is 1. The second-order valence-electron chi connectivity index (χ2n) is 8.71. The number of nitrogens with one attached hydrogen (secondary N) is 2. The lowest BCUT2D eigenvalue weighted by atomic mass is 9.93. The van der Waals surface area contributed by atoms with Gasteiger partial charge in [0, 0.05) is 17.7 Å². The molecule has 0 aliphatic heterocycles. The van der Waals surface area contributed by atoms with Crippen molar-refractivity contribution in [3.05, 3.63) is 51.6 Å². The first kappa shape index (κ1) is 26.8. The fourth-order valence-corrected chi connectivity index (χ4v) is 3.43. The Morgan fingerprint density at radius 1 is 1.41 bits per heavy atom. The van der Waals surface area contributed by atoms with Crippen LogP contribution in [0, 0.1) is 0 Å². The van der Waals surface area contributed by atoms with E-state index in [1.54, 1.807) is 19.2 Å². The molecule has 5 N–H and O–H groups in total. The van der Waals surface area contributed by atoms with Gasteiger partial charge < -0.3 is 26.0 Å². The zero-order chi connectivity index (χ0) is 25.5. The van der Waals surface area contributed by atoms with E-state index in [0.717, 1.165) is 24.2 Å². The predicted molar refractivity (Wildman–Crippen MR) is 133 cm³/mol. The van der Waals surface area contributed by atoms with Crippen LogP contribution in [-0.2, 0) is 10.2 Å². The van der Waals surface area contributed by atoms with Gasteiger partial charge in [-0.3, -0.25) is 14.6 Å². The van der Waals surface area contributed by atoms with Crippen LogP contribution in [0.3, 0.4) is 0 Å². The number of hydrogen-bond donors (Lipinski definition) is 4. The minimum absolute atomic E-state index is 0.166. The smallest absolute Gasteiger partial charge is 0.274 e. The van der Waals surface area contributed by atoms with Gasteiger partial charge in [0.1, 0.15) is 15.6 Å². The topological polar surface area (TPSA) is 156 Å². The van der Waals surface area contributed by atoms with Crippen LogP contribution >= 0.6 is 11.3 Å². The molecule has 2 aromatic rings. The molecule has 184 valence electrons. The van der Waals surface area contributed by atoms with Crippen LogP contribution in [-0.4, -0.2) is 33.3 Å². The number of aliphatic hydroxyl groups is 1. The van der Waals surface area contributed by atoms with E-state index in [4.69, 9.17) is 10.3 Å². The summed E-state index contributed by atoms with van der Waals surface area (Å²) in [6, 6.07) is 1.12. The molecule has 11 heteroatoms. The molecular formula is C23H32N6O4S. The van der Waals surface area contributed by atoms with Gasteiger partial charge in [0.2, 0.25) is 0 Å². The number of aromatic nitrogens is 2. The molecule has 0 saturated heterocycles. The van der Waals surface area contributed by atoms with Crippen molar-refractivity contribution in [1.82, 2.24) is 15.5 Å². The summed E-state index contributed by atoms with van der Waals surface area (Å²) >= 11 is 1.12. The maximum atomic E-state index is 12.7. The van der Waals surface area contributed by atoms with Crippen molar-refractivity contribution in [3.8, 4) is 0 Å². The lowest BCUT2D eigenvalue weighted by Crippen LogP contribution is -2.28. The molecule has 0 radical (unpaired) electrons. The molecule has 0 fully saturated rings. The molecule has 0 aliphatic carbocycles. The van der Waals surface area contributed by atoms with Crippen molar-refractivity contribution in [1.29, 1.82) is 0 Å². The molecule has 0 spiro atoms. The third kappa shape index (κ3) is 7.27. The highest BCUT2D eigenvalue weighted by Crippen LogP contribution is 2.26. The fourth-order valence-electron chi connectivity index (χ4n) is 2.62. The molecule has 34 heavy (non-hydrogen) atoms. The van der Waals surface area contributed by atoms with Gasteiger partial charge in [0.25, 0.3) is 11.8 Å². The number of nitrogens with zero attached hydrogens (tertiary/aromatic N) is 3. The zero-order valence-corrected chi connectivity index (χ0v) is 21.0. The summed E-state index contributed by atoms with van der Waals surface area (Å²) in [5, 5.41) is 19.9. The van der Waals surface area contributed by atoms with E-state index in [-0.39, 0.29) is 16.8 Å². The molecule has 10 nitrogen and oxygen atoms in total. The van der Waals surface area contributed by atoms with Gasteiger partial charge in [0.15, 0.2) is 17.3 Å². The standard InChI is InChI=1S/C23H32N6O4S/c1-7-8-9-10-25-18(19(30)13(2)24)21(32)27-14(3)22-26-12-15(34-22)20(31)28-17-11-16(33-29-17)23(4,5)6/h10-12,14,30H,2,7-9,24H2,1,3-6H3,(H,27,32)(H,28,29,31)/b19-18+,25-10?. The summed E-state index contributed by atoms with van der Waals surface area (Å²) in [4.78, 5) is 34.0. The van der Waals surface area contributed by atoms with Crippen molar-refractivity contribution in [2.75, 3.05) is 5.32 Å². The third-order valence-corrected chi connectivity index (χ3v) is 5.79. The normalized spacial score (nSPS) is 13.4. The molecule has 0 bridgehead atoms. The Morgan fingerprint density at radius 2 is 2.12 bits per heavy atom. The quantitative estimate of drug-likeness (QED) is 0.127. The van der Waals surface area contributed by atoms with Gasteiger partial charge >= 0.3 is 0 Å². The van der Waals surface area contributed by atoms with Crippen LogP contribution < -0.4 is 16.4 Å². The first-order chi connectivity index (χ1) is 15.9. The number of thiazole rings is 1. The number of rotatable bonds is 10. The number of unbranched alkanes of at least 4 members (excludes halogenated alkanes) is 2. The molecule has 0 saturated carbocycles. The zero-order valence-electron chi connectivity index (χ0n) is 20.1. The first-order valence-corrected chi connectivity index (χ1v) is 11.7. The van der Waals surface area contributed by atoms with Crippen LogP contribution in [0.2, 0.25) is 0 Å². The van der Waals surface area contributed by atoms with Gasteiger partial charge in [-0.1, -0.05) is 45.9 Å². The van der Waals surface area contributed by atoms with Crippen LogP contribution in [0.15, 0.2) is 45.5 Å². The predicted octanol–water partition coefficient (Wildman–Crippen LogP) is 4.36. The highest BCUT2D eigenvalue weighted by molar-refractivity contribution is 7.13. The van der Waals surface area contributed by atoms with Crippen molar-refractivity contribution < 1.29 is 19.2 Å². The van der Waals surface area contributed by atoms with E-state index in [1.165, 1.54) is 6.20 Å². The summed E-state index contributed by atoms with van der Waals surface area (Å²) in [5.74, 6) is -0.566. The number of carbonyl (C=O) groups excluding carboxylic acids is 2. The molecule has 1 unspecified atom stereocenters. The summed E-state index contributed by atoms with van der Waals surface area (Å²) in [5.41, 5.74) is 4.92. The molecule has 0 aliphatic rings. The maximum Gasteiger partial charge on any atom is 0.274 e. The molecule has 2 aromatic heterocycles. The lowest BCUT2D eigenvalue weighted by Gasteiger charge is -2.12. The van der Waals surface area contributed by atoms with Gasteiger partial charge in [-0.15, -0.1) is 11.3 Å². The van der Waals surface area contributed by atoms with Gasteiger partial charge in [0.05, 0.1) is 17.9 Å². The number of anilines is 1. The number of aliphatic imine (C=N–C) groups is 1. The van der Waals surface area contributed by atoms with E-state index in [0.29, 0.717) is 27.9 Å². The van der Waals surface area contributed by atoms with Crippen LogP contribution in [0.25, 0.3) is 0 Å². The second kappa shape index (κ2) is 11.6. The summed E-state index contributed by atoms with van der Waals surface area (Å²) in [7, 11) is 0. The number of hydrogen-bond acceptors (Lipinski definition) is 9. The van der Waals surface area contributed by atoms with Crippen molar-refractivity contribution in [2.24, 2.45) is 10.7 Å². The van der Waals surface area contributed by atoms with Gasteiger partial charge in [-0.05, 0) is 19.8 Å². The number of carbonyl (C=O) groups is 2. The highest BCUT2D eigenvalue weighted by atomic mass is 32.1. The van der Waals surface area contributed by atoms with E-state index >= 15 is 0 Å². The minimum Gasteiger partial charge on any atom is -0.504 e. The molecule has 0 aromatic carbocycles. The third-order valence-electron chi connectivity index (χ3n) is 4.61. The number of amides is 2. The van der Waals surface area contributed by atoms with Crippen molar-refractivity contribution >= 4 is 35.2 Å². The van der Waals surface area contributed by atoms with Crippen molar-refractivity contribution in [2.45, 2.75) is 65.3 Å². The second-order valence-corrected chi connectivity index (χ2v) is 9.78. The lowest BCUT2D eigenvalue weighted by molar-refractivity contribution is -0.118. The molecule has 2 amide bonds. The Kier molecular flexibility index (Phi) is 9.13. The fraction of sp³-hybridized carbons (Fsp3) is 0.435. The average molecular weight is 489 g/mol. The Morgan fingerprint density at radius 3 is 2.71 bits per heavy atom. The van der Waals surface area contributed by atoms with Crippen LogP contribution in [0.4, 0.5) is 5.82 Å². The van der Waals surface area contributed by atoms with Crippen LogP contribution in [0.1, 0.15) is 80.4 Å². The largest absolute Gasteiger partial charge is 0.504 e. The maximum absolute atomic E-state index is 12.7. The average Bonchev–Trinajstić information content (AvgIpc) is 3.43. The Labute approximate surface area is 203 Å². The van der Waals surface area contributed by atoms with E-state index < -0.39 is 23.6 Å².